The molecule has 96 valence electrons. The topological polar surface area (TPSA) is 52.9 Å². The predicted molar refractivity (Wildman–Crippen MR) is 58.1 cm³/mol. The van der Waals surface area contributed by atoms with E-state index in [9.17, 15) is 18.0 Å². The largest absolute Gasteiger partial charge is 0.416 e. The number of alkyl halides is 3. The van der Waals surface area contributed by atoms with E-state index in [-0.39, 0.29) is 12.1 Å². The number of halogens is 3. The molecule has 0 fully saturated rings. The molecule has 1 aromatic carbocycles. The van der Waals surface area contributed by atoms with Crippen LogP contribution in [0.4, 0.5) is 13.2 Å². The summed E-state index contributed by atoms with van der Waals surface area (Å²) in [6.07, 6.45) is -4.46. The molecule has 1 rings (SSSR count). The number of rotatable bonds is 3. The smallest absolute Gasteiger partial charge is 0.351 e. The third-order valence-corrected chi connectivity index (χ3v) is 2.36. The fourth-order valence-electron chi connectivity index (χ4n) is 1.35. The van der Waals surface area contributed by atoms with Crippen molar-refractivity contribution in [2.45, 2.75) is 19.6 Å². The molecule has 18 heavy (non-hydrogen) atoms. The van der Waals surface area contributed by atoms with Gasteiger partial charge in [0.05, 0.1) is 11.6 Å². The highest BCUT2D eigenvalue weighted by Gasteiger charge is 2.32. The molecule has 0 saturated carbocycles. The van der Waals surface area contributed by atoms with Gasteiger partial charge in [0, 0.05) is 6.54 Å². The Kier molecular flexibility index (Phi) is 4.32. The summed E-state index contributed by atoms with van der Waals surface area (Å²) in [5, 5.41) is 10.8. The van der Waals surface area contributed by atoms with E-state index in [0.29, 0.717) is 0 Å². The number of nitrogens with one attached hydrogen (secondary N) is 1. The normalized spacial score (nSPS) is 12.6. The Balaban J connectivity index is 2.81. The highest BCUT2D eigenvalue weighted by molar-refractivity contribution is 5.80. The molecule has 0 heterocycles. The van der Waals surface area contributed by atoms with Gasteiger partial charge in [-0.1, -0.05) is 18.2 Å². The molecule has 0 saturated heterocycles. The van der Waals surface area contributed by atoms with Gasteiger partial charge in [0.1, 0.15) is 5.92 Å². The Morgan fingerprint density at radius 3 is 2.61 bits per heavy atom. The van der Waals surface area contributed by atoms with Gasteiger partial charge >= 0.3 is 6.18 Å². The number of benzene rings is 1. The molecule has 3 nitrogen and oxygen atoms in total. The Bertz CT molecular complexity index is 477. The first-order valence-corrected chi connectivity index (χ1v) is 5.18. The average Bonchev–Trinajstić information content (AvgIpc) is 2.34. The van der Waals surface area contributed by atoms with Gasteiger partial charge in [-0.2, -0.15) is 18.4 Å². The van der Waals surface area contributed by atoms with Gasteiger partial charge in [0.25, 0.3) is 0 Å². The lowest BCUT2D eigenvalue weighted by Crippen LogP contribution is -2.28. The second kappa shape index (κ2) is 5.54. The molecule has 1 amide bonds. The van der Waals surface area contributed by atoms with Crippen molar-refractivity contribution in [2.24, 2.45) is 5.92 Å². The third kappa shape index (κ3) is 3.48. The van der Waals surface area contributed by atoms with Crippen LogP contribution in [0, 0.1) is 17.2 Å². The Labute approximate surface area is 102 Å². The molecular weight excluding hydrogens is 245 g/mol. The van der Waals surface area contributed by atoms with Crippen LogP contribution in [0.5, 0.6) is 0 Å². The maximum Gasteiger partial charge on any atom is 0.416 e. The summed E-state index contributed by atoms with van der Waals surface area (Å²) >= 11 is 0. The highest BCUT2D eigenvalue weighted by Crippen LogP contribution is 2.31. The van der Waals surface area contributed by atoms with E-state index in [1.165, 1.54) is 25.1 Å². The van der Waals surface area contributed by atoms with Gasteiger partial charge in [-0.3, -0.25) is 4.79 Å². The van der Waals surface area contributed by atoms with E-state index >= 15 is 0 Å². The van der Waals surface area contributed by atoms with Crippen LogP contribution in [0.1, 0.15) is 18.1 Å². The quantitative estimate of drug-likeness (QED) is 0.903. The first kappa shape index (κ1) is 14.0. The van der Waals surface area contributed by atoms with Crippen molar-refractivity contribution in [2.75, 3.05) is 0 Å². The molecule has 1 atom stereocenters. The molecule has 1 aromatic rings. The van der Waals surface area contributed by atoms with Gasteiger partial charge in [0.2, 0.25) is 5.91 Å². The van der Waals surface area contributed by atoms with Crippen molar-refractivity contribution in [1.82, 2.24) is 5.32 Å². The van der Waals surface area contributed by atoms with Crippen molar-refractivity contribution in [3.05, 3.63) is 35.4 Å². The van der Waals surface area contributed by atoms with Crippen LogP contribution in [0.15, 0.2) is 24.3 Å². The monoisotopic (exact) mass is 256 g/mol. The summed E-state index contributed by atoms with van der Waals surface area (Å²) in [7, 11) is 0. The lowest BCUT2D eigenvalue weighted by molar-refractivity contribution is -0.138. The summed E-state index contributed by atoms with van der Waals surface area (Å²) < 4.78 is 37.9. The zero-order valence-corrected chi connectivity index (χ0v) is 9.58. The van der Waals surface area contributed by atoms with Crippen LogP contribution in [-0.4, -0.2) is 5.91 Å². The molecule has 0 radical (unpaired) electrons. The van der Waals surface area contributed by atoms with Crippen LogP contribution in [0.3, 0.4) is 0 Å². The summed E-state index contributed by atoms with van der Waals surface area (Å²) in [6.45, 7) is 1.13. The SMILES string of the molecule is CC(C#N)C(=O)NCc1ccccc1C(F)(F)F. The van der Waals surface area contributed by atoms with E-state index in [4.69, 9.17) is 5.26 Å². The molecule has 1 N–H and O–H groups in total. The highest BCUT2D eigenvalue weighted by atomic mass is 19.4. The number of nitriles is 1. The molecular formula is C12H11F3N2O. The van der Waals surface area contributed by atoms with Crippen molar-refractivity contribution >= 4 is 5.91 Å². The summed E-state index contributed by atoms with van der Waals surface area (Å²) in [5.41, 5.74) is -0.807. The van der Waals surface area contributed by atoms with Gasteiger partial charge in [-0.15, -0.1) is 0 Å². The van der Waals surface area contributed by atoms with Crippen LogP contribution >= 0.6 is 0 Å². The maximum absolute atomic E-state index is 12.6. The predicted octanol–water partition coefficient (Wildman–Crippen LogP) is 2.48. The van der Waals surface area contributed by atoms with E-state index in [1.807, 2.05) is 0 Å². The number of hydrogen-bond acceptors (Lipinski definition) is 2. The van der Waals surface area contributed by atoms with Crippen LogP contribution in [-0.2, 0) is 17.5 Å². The maximum atomic E-state index is 12.6. The zero-order valence-electron chi connectivity index (χ0n) is 9.58. The second-order valence-electron chi connectivity index (χ2n) is 3.72. The molecule has 1 unspecified atom stereocenters. The molecule has 0 bridgehead atoms. The minimum Gasteiger partial charge on any atom is -0.351 e. The van der Waals surface area contributed by atoms with E-state index in [0.717, 1.165) is 6.07 Å². The first-order chi connectivity index (χ1) is 8.36. The molecule has 0 aliphatic carbocycles. The van der Waals surface area contributed by atoms with Crippen LogP contribution in [0.2, 0.25) is 0 Å². The van der Waals surface area contributed by atoms with E-state index in [1.54, 1.807) is 6.07 Å². The Morgan fingerprint density at radius 1 is 1.44 bits per heavy atom. The fraction of sp³-hybridized carbons (Fsp3) is 0.333. The molecule has 0 spiro atoms. The van der Waals surface area contributed by atoms with E-state index in [2.05, 4.69) is 5.32 Å². The minimum absolute atomic E-state index is 0.0245. The number of amides is 1. The molecule has 0 aliphatic rings. The summed E-state index contributed by atoms with van der Waals surface area (Å²) in [5.74, 6) is -1.47. The van der Waals surface area contributed by atoms with Crippen molar-refractivity contribution < 1.29 is 18.0 Å². The molecule has 0 aliphatic heterocycles. The number of carbonyl (C=O) groups excluding carboxylic acids is 1. The van der Waals surface area contributed by atoms with Crippen molar-refractivity contribution in [3.8, 4) is 6.07 Å². The standard InChI is InChI=1S/C12H11F3N2O/c1-8(6-16)11(18)17-7-9-4-2-3-5-10(9)12(13,14)15/h2-5,8H,7H2,1H3,(H,17,18). The van der Waals surface area contributed by atoms with Crippen molar-refractivity contribution in [1.29, 1.82) is 5.26 Å². The lowest BCUT2D eigenvalue weighted by Gasteiger charge is -2.13. The Hall–Kier alpha value is -2.03. The van der Waals surface area contributed by atoms with Gasteiger partial charge < -0.3 is 5.32 Å². The molecule has 6 heteroatoms. The molecule has 0 aromatic heterocycles. The first-order valence-electron chi connectivity index (χ1n) is 5.18. The number of nitrogens with zero attached hydrogens (tertiary/aromatic N) is 1. The summed E-state index contributed by atoms with van der Waals surface area (Å²) in [4.78, 5) is 11.3. The number of carbonyl (C=O) groups is 1. The second-order valence-corrected chi connectivity index (χ2v) is 3.72. The van der Waals surface area contributed by atoms with Gasteiger partial charge in [-0.25, -0.2) is 0 Å². The lowest BCUT2D eigenvalue weighted by atomic mass is 10.1. The zero-order chi connectivity index (χ0) is 13.8. The van der Waals surface area contributed by atoms with Crippen LogP contribution in [0.25, 0.3) is 0 Å². The van der Waals surface area contributed by atoms with E-state index < -0.39 is 23.6 Å². The average molecular weight is 256 g/mol. The third-order valence-electron chi connectivity index (χ3n) is 2.36. The van der Waals surface area contributed by atoms with Crippen molar-refractivity contribution in [3.63, 3.8) is 0 Å². The van der Waals surface area contributed by atoms with Gasteiger partial charge in [0.15, 0.2) is 0 Å². The number of hydrogen-bond donors (Lipinski definition) is 1. The van der Waals surface area contributed by atoms with Crippen LogP contribution < -0.4 is 5.32 Å². The van der Waals surface area contributed by atoms with Gasteiger partial charge in [-0.05, 0) is 18.6 Å². The minimum atomic E-state index is -4.46. The Morgan fingerprint density at radius 2 is 2.06 bits per heavy atom. The summed E-state index contributed by atoms with van der Waals surface area (Å²) in [6, 6.07) is 6.70. The fourth-order valence-corrected chi connectivity index (χ4v) is 1.35.